The lowest BCUT2D eigenvalue weighted by Gasteiger charge is -2.28. The van der Waals surface area contributed by atoms with Crippen molar-refractivity contribution in [3.05, 3.63) is 16.1 Å². The van der Waals surface area contributed by atoms with Gasteiger partial charge < -0.3 is 10.6 Å². The van der Waals surface area contributed by atoms with Crippen molar-refractivity contribution in [2.24, 2.45) is 11.8 Å². The molecule has 1 amide bonds. The maximum atomic E-state index is 12.2. The van der Waals surface area contributed by atoms with Crippen LogP contribution in [-0.4, -0.2) is 24.0 Å². The first kappa shape index (κ1) is 22.6. The molecule has 23 heavy (non-hydrogen) atoms. The predicted octanol–water partition coefficient (Wildman–Crippen LogP) is 3.75. The van der Waals surface area contributed by atoms with Crippen LogP contribution in [0.2, 0.25) is 0 Å². The fraction of sp³-hybridized carbons (Fsp3) is 0.750. The van der Waals surface area contributed by atoms with Crippen molar-refractivity contribution >= 4 is 42.1 Å². The Labute approximate surface area is 156 Å². The fourth-order valence-corrected chi connectivity index (χ4v) is 3.77. The topological polar surface area (TPSA) is 54.0 Å². The highest BCUT2D eigenvalue weighted by atomic mass is 35.5. The van der Waals surface area contributed by atoms with Gasteiger partial charge in [0.15, 0.2) is 0 Å². The second-order valence-corrected chi connectivity index (χ2v) is 7.02. The lowest BCUT2D eigenvalue weighted by atomic mass is 9.84. The highest BCUT2D eigenvalue weighted by Gasteiger charge is 2.23. The first-order chi connectivity index (χ1) is 10.1. The Morgan fingerprint density at radius 2 is 2.04 bits per heavy atom. The van der Waals surface area contributed by atoms with Gasteiger partial charge in [0, 0.05) is 11.8 Å². The molecule has 0 aromatic carbocycles. The molecule has 2 heterocycles. The molecule has 0 aliphatic carbocycles. The summed E-state index contributed by atoms with van der Waals surface area (Å²) in [7, 11) is 0. The number of piperidine rings is 1. The summed E-state index contributed by atoms with van der Waals surface area (Å²) >= 11 is 1.67. The van der Waals surface area contributed by atoms with Gasteiger partial charge in [-0.3, -0.25) is 4.79 Å². The van der Waals surface area contributed by atoms with Crippen LogP contribution < -0.4 is 10.6 Å². The lowest BCUT2D eigenvalue weighted by molar-refractivity contribution is -0.123. The van der Waals surface area contributed by atoms with Crippen LogP contribution in [0.4, 0.5) is 0 Å². The number of hydrogen-bond donors (Lipinski definition) is 2. The molecule has 1 aliphatic rings. The molecule has 0 bridgehead atoms. The molecule has 2 rings (SSSR count). The molecule has 0 radical (unpaired) electrons. The highest BCUT2D eigenvalue weighted by Crippen LogP contribution is 2.24. The quantitative estimate of drug-likeness (QED) is 0.788. The van der Waals surface area contributed by atoms with Gasteiger partial charge in [0.1, 0.15) is 0 Å². The van der Waals surface area contributed by atoms with Crippen LogP contribution in [0.1, 0.15) is 56.8 Å². The van der Waals surface area contributed by atoms with E-state index < -0.39 is 0 Å². The molecule has 4 nitrogen and oxygen atoms in total. The molecule has 2 N–H and O–H groups in total. The smallest absolute Gasteiger partial charge is 0.220 e. The van der Waals surface area contributed by atoms with Crippen molar-refractivity contribution in [1.29, 1.82) is 0 Å². The monoisotopic (exact) mass is 381 g/mol. The summed E-state index contributed by atoms with van der Waals surface area (Å²) in [4.78, 5) is 16.8. The maximum Gasteiger partial charge on any atom is 0.220 e. The number of nitrogens with one attached hydrogen (secondary N) is 2. The van der Waals surface area contributed by atoms with Crippen molar-refractivity contribution in [1.82, 2.24) is 15.6 Å². The number of carbonyl (C=O) groups excluding carboxylic acids is 1. The van der Waals surface area contributed by atoms with Crippen molar-refractivity contribution in [3.63, 3.8) is 0 Å². The Balaban J connectivity index is 0.00000242. The van der Waals surface area contributed by atoms with Crippen LogP contribution in [0.25, 0.3) is 0 Å². The third-order valence-electron chi connectivity index (χ3n) is 4.39. The number of amides is 1. The summed E-state index contributed by atoms with van der Waals surface area (Å²) in [5.74, 6) is 1.29. The Hall–Kier alpha value is -0.360. The van der Waals surface area contributed by atoms with Crippen LogP contribution in [-0.2, 0) is 11.2 Å². The van der Waals surface area contributed by atoms with Gasteiger partial charge in [0.05, 0.1) is 16.7 Å². The van der Waals surface area contributed by atoms with E-state index in [0.717, 1.165) is 30.2 Å². The van der Waals surface area contributed by atoms with Gasteiger partial charge in [-0.05, 0) is 51.1 Å². The number of aromatic nitrogens is 1. The van der Waals surface area contributed by atoms with Crippen molar-refractivity contribution in [3.8, 4) is 0 Å². The Morgan fingerprint density at radius 3 is 2.61 bits per heavy atom. The molecule has 1 aromatic rings. The summed E-state index contributed by atoms with van der Waals surface area (Å²) in [6.45, 7) is 8.50. The van der Waals surface area contributed by atoms with E-state index in [-0.39, 0.29) is 36.8 Å². The molecule has 2 atom stereocenters. The number of rotatable bonds is 6. The largest absolute Gasteiger partial charge is 0.348 e. The number of hydrogen-bond acceptors (Lipinski definition) is 4. The first-order valence-electron chi connectivity index (χ1n) is 8.04. The van der Waals surface area contributed by atoms with Gasteiger partial charge in [0.2, 0.25) is 5.91 Å². The van der Waals surface area contributed by atoms with Gasteiger partial charge in [-0.1, -0.05) is 13.8 Å². The molecule has 7 heteroatoms. The van der Waals surface area contributed by atoms with E-state index >= 15 is 0 Å². The van der Waals surface area contributed by atoms with Crippen LogP contribution in [0, 0.1) is 11.8 Å². The summed E-state index contributed by atoms with van der Waals surface area (Å²) in [5, 5.41) is 9.66. The van der Waals surface area contributed by atoms with E-state index in [9.17, 15) is 4.79 Å². The van der Waals surface area contributed by atoms with Gasteiger partial charge >= 0.3 is 0 Å². The third-order valence-corrected chi connectivity index (χ3v) is 5.40. The summed E-state index contributed by atoms with van der Waals surface area (Å²) in [6, 6.07) is 0.00859. The van der Waals surface area contributed by atoms with Gasteiger partial charge in [-0.15, -0.1) is 36.2 Å². The number of halogens is 2. The number of carbonyl (C=O) groups is 1. The number of thiazole rings is 1. The average molecular weight is 382 g/mol. The van der Waals surface area contributed by atoms with Crippen LogP contribution in [0.3, 0.4) is 0 Å². The normalized spacial score (nSPS) is 17.5. The standard InChI is InChI=1S/C16H27N3OS.2ClH/c1-4-16-19-14(10-21-16)12(3)18-15(20)9-11(2)13-5-7-17-8-6-13;;/h10-13,17H,4-9H2,1-3H3,(H,18,20);2*1H. The van der Waals surface area contributed by atoms with Crippen molar-refractivity contribution < 1.29 is 4.79 Å². The fourth-order valence-electron chi connectivity index (χ4n) is 2.93. The SMILES string of the molecule is CCc1nc(C(C)NC(=O)CC(C)C2CCNCC2)cs1.Cl.Cl. The second-order valence-electron chi connectivity index (χ2n) is 6.08. The molecule has 1 saturated heterocycles. The molecule has 0 saturated carbocycles. The zero-order valence-corrected chi connectivity index (χ0v) is 16.6. The summed E-state index contributed by atoms with van der Waals surface area (Å²) in [6.07, 6.45) is 3.96. The minimum absolute atomic E-state index is 0. The van der Waals surface area contributed by atoms with Gasteiger partial charge in [-0.25, -0.2) is 4.98 Å². The van der Waals surface area contributed by atoms with E-state index in [1.54, 1.807) is 11.3 Å². The minimum Gasteiger partial charge on any atom is -0.348 e. The maximum absolute atomic E-state index is 12.2. The number of aryl methyl sites for hydroxylation is 1. The van der Waals surface area contributed by atoms with Crippen LogP contribution >= 0.6 is 36.2 Å². The first-order valence-corrected chi connectivity index (χ1v) is 8.92. The predicted molar refractivity (Wildman–Crippen MR) is 102 cm³/mol. The van der Waals surface area contributed by atoms with E-state index in [4.69, 9.17) is 0 Å². The van der Waals surface area contributed by atoms with Gasteiger partial charge in [-0.2, -0.15) is 0 Å². The molecular formula is C16H29Cl2N3OS. The molecule has 134 valence electrons. The Bertz CT molecular complexity index is 464. The number of nitrogens with zero attached hydrogens (tertiary/aromatic N) is 1. The molecule has 0 spiro atoms. The van der Waals surface area contributed by atoms with E-state index in [0.29, 0.717) is 18.3 Å². The molecule has 1 fully saturated rings. The summed E-state index contributed by atoms with van der Waals surface area (Å²) < 4.78 is 0. The summed E-state index contributed by atoms with van der Waals surface area (Å²) in [5.41, 5.74) is 0.986. The molecular weight excluding hydrogens is 353 g/mol. The minimum atomic E-state index is 0. The zero-order chi connectivity index (χ0) is 15.2. The Morgan fingerprint density at radius 1 is 1.39 bits per heavy atom. The molecule has 1 aromatic heterocycles. The third kappa shape index (κ3) is 6.96. The Kier molecular flexibility index (Phi) is 11.1. The van der Waals surface area contributed by atoms with Crippen molar-refractivity contribution in [2.75, 3.05) is 13.1 Å². The van der Waals surface area contributed by atoms with E-state index in [1.807, 2.05) is 6.92 Å². The van der Waals surface area contributed by atoms with Crippen molar-refractivity contribution in [2.45, 2.75) is 52.5 Å². The molecule has 2 unspecified atom stereocenters. The second kappa shape index (κ2) is 11.2. The van der Waals surface area contributed by atoms with E-state index in [1.165, 1.54) is 12.8 Å². The highest BCUT2D eigenvalue weighted by molar-refractivity contribution is 7.09. The lowest BCUT2D eigenvalue weighted by Crippen LogP contribution is -2.34. The van der Waals surface area contributed by atoms with Gasteiger partial charge in [0.25, 0.3) is 0 Å². The van der Waals surface area contributed by atoms with E-state index in [2.05, 4.69) is 34.8 Å². The van der Waals surface area contributed by atoms with Crippen LogP contribution in [0.5, 0.6) is 0 Å². The molecule has 1 aliphatic heterocycles. The zero-order valence-electron chi connectivity index (χ0n) is 14.1. The van der Waals surface area contributed by atoms with Crippen LogP contribution in [0.15, 0.2) is 5.38 Å². The average Bonchev–Trinajstić information content (AvgIpc) is 2.97.